The van der Waals surface area contributed by atoms with Gasteiger partial charge in [-0.05, 0) is 44.0 Å². The van der Waals surface area contributed by atoms with Crippen LogP contribution < -0.4 is 0 Å². The first kappa shape index (κ1) is 13.3. The molecule has 1 aromatic carbocycles. The Labute approximate surface area is 126 Å². The summed E-state index contributed by atoms with van der Waals surface area (Å²) in [4.78, 5) is 4.63. The van der Waals surface area contributed by atoms with Gasteiger partial charge < -0.3 is 9.67 Å². The van der Waals surface area contributed by atoms with E-state index < -0.39 is 6.10 Å². The van der Waals surface area contributed by atoms with E-state index in [2.05, 4.69) is 19.7 Å². The lowest BCUT2D eigenvalue weighted by atomic mass is 10.2. The lowest BCUT2D eigenvalue weighted by Crippen LogP contribution is -2.02. The van der Waals surface area contributed by atoms with E-state index in [4.69, 9.17) is 0 Å². The number of fused-ring (bicyclic) bond motifs is 1. The highest BCUT2D eigenvalue weighted by atomic mass is 19.1. The zero-order valence-electron chi connectivity index (χ0n) is 12.1. The first-order valence-corrected chi connectivity index (χ1v) is 7.32. The summed E-state index contributed by atoms with van der Waals surface area (Å²) in [5.74, 6) is 0.485. The SMILES string of the molecule is CC(O)c1cc(-c2nc3ccc(F)cc3n2C2CC2)cnn1. The van der Waals surface area contributed by atoms with Crippen molar-refractivity contribution < 1.29 is 9.50 Å². The molecule has 1 N–H and O–H groups in total. The van der Waals surface area contributed by atoms with Crippen LogP contribution in [0.25, 0.3) is 22.4 Å². The van der Waals surface area contributed by atoms with E-state index in [1.807, 2.05) is 0 Å². The van der Waals surface area contributed by atoms with Gasteiger partial charge in [0, 0.05) is 11.6 Å². The standard InChI is InChI=1S/C16H15FN4O/c1-9(22)14-6-10(8-18-20-14)16-19-13-5-2-11(17)7-15(13)21(16)12-3-4-12/h2,5-9,12,22H,3-4H2,1H3. The van der Waals surface area contributed by atoms with Crippen molar-refractivity contribution in [3.8, 4) is 11.4 Å². The fraction of sp³-hybridized carbons (Fsp3) is 0.312. The molecule has 4 rings (SSSR count). The molecule has 5 nitrogen and oxygen atoms in total. The molecular weight excluding hydrogens is 283 g/mol. The van der Waals surface area contributed by atoms with Gasteiger partial charge in [-0.15, -0.1) is 0 Å². The molecule has 1 atom stereocenters. The van der Waals surface area contributed by atoms with Crippen molar-refractivity contribution in [2.75, 3.05) is 0 Å². The van der Waals surface area contributed by atoms with Crippen molar-refractivity contribution >= 4 is 11.0 Å². The number of aliphatic hydroxyl groups excluding tert-OH is 1. The molecule has 2 heterocycles. The molecule has 0 saturated heterocycles. The highest BCUT2D eigenvalue weighted by Gasteiger charge is 2.29. The number of nitrogens with zero attached hydrogens (tertiary/aromatic N) is 4. The summed E-state index contributed by atoms with van der Waals surface area (Å²) in [6, 6.07) is 6.77. The molecule has 112 valence electrons. The maximum atomic E-state index is 13.6. The number of hydrogen-bond acceptors (Lipinski definition) is 4. The van der Waals surface area contributed by atoms with Gasteiger partial charge in [-0.25, -0.2) is 9.37 Å². The minimum atomic E-state index is -0.691. The first-order chi connectivity index (χ1) is 10.6. The van der Waals surface area contributed by atoms with Gasteiger partial charge in [0.25, 0.3) is 0 Å². The van der Waals surface area contributed by atoms with Crippen LogP contribution >= 0.6 is 0 Å². The Morgan fingerprint density at radius 2 is 2.14 bits per heavy atom. The third kappa shape index (κ3) is 2.16. The summed E-state index contributed by atoms with van der Waals surface area (Å²) in [5, 5.41) is 17.6. The summed E-state index contributed by atoms with van der Waals surface area (Å²) in [7, 11) is 0. The topological polar surface area (TPSA) is 63.8 Å². The van der Waals surface area contributed by atoms with Crippen LogP contribution in [0.4, 0.5) is 4.39 Å². The smallest absolute Gasteiger partial charge is 0.143 e. The number of hydrogen-bond donors (Lipinski definition) is 1. The summed E-state index contributed by atoms with van der Waals surface area (Å²) in [5.41, 5.74) is 2.85. The molecule has 0 amide bonds. The minimum absolute atomic E-state index is 0.265. The molecule has 1 aliphatic rings. The zero-order valence-corrected chi connectivity index (χ0v) is 12.1. The van der Waals surface area contributed by atoms with E-state index >= 15 is 0 Å². The molecule has 1 saturated carbocycles. The molecule has 1 unspecified atom stereocenters. The van der Waals surface area contributed by atoms with E-state index in [0.29, 0.717) is 11.7 Å². The van der Waals surface area contributed by atoms with Gasteiger partial charge in [0.05, 0.1) is 29.0 Å². The molecule has 0 radical (unpaired) electrons. The number of aromatic nitrogens is 4. The Morgan fingerprint density at radius 1 is 1.32 bits per heavy atom. The molecular formula is C16H15FN4O. The third-order valence-corrected chi connectivity index (χ3v) is 3.92. The molecule has 3 aromatic rings. The van der Waals surface area contributed by atoms with Crippen LogP contribution in [0, 0.1) is 5.82 Å². The van der Waals surface area contributed by atoms with Crippen LogP contribution in [0.2, 0.25) is 0 Å². The minimum Gasteiger partial charge on any atom is -0.387 e. The zero-order chi connectivity index (χ0) is 15.3. The van der Waals surface area contributed by atoms with Crippen LogP contribution in [0.3, 0.4) is 0 Å². The van der Waals surface area contributed by atoms with Crippen LogP contribution in [0.1, 0.15) is 37.6 Å². The fourth-order valence-corrected chi connectivity index (χ4v) is 2.68. The average molecular weight is 298 g/mol. The Morgan fingerprint density at radius 3 is 2.86 bits per heavy atom. The van der Waals surface area contributed by atoms with Crippen molar-refractivity contribution in [1.82, 2.24) is 19.7 Å². The summed E-state index contributed by atoms with van der Waals surface area (Å²) in [6.07, 6.45) is 3.07. The van der Waals surface area contributed by atoms with E-state index in [1.54, 1.807) is 25.3 Å². The van der Waals surface area contributed by atoms with Gasteiger partial charge in [0.2, 0.25) is 0 Å². The largest absolute Gasteiger partial charge is 0.387 e. The first-order valence-electron chi connectivity index (χ1n) is 7.32. The second kappa shape index (κ2) is 4.84. The Kier molecular flexibility index (Phi) is 2.94. The van der Waals surface area contributed by atoms with Gasteiger partial charge in [-0.3, -0.25) is 0 Å². The quantitative estimate of drug-likeness (QED) is 0.807. The maximum Gasteiger partial charge on any atom is 0.143 e. The number of imidazole rings is 1. The fourth-order valence-electron chi connectivity index (χ4n) is 2.68. The second-order valence-corrected chi connectivity index (χ2v) is 5.71. The number of rotatable bonds is 3. The van der Waals surface area contributed by atoms with Crippen molar-refractivity contribution in [3.63, 3.8) is 0 Å². The van der Waals surface area contributed by atoms with E-state index in [0.717, 1.165) is 35.3 Å². The Hall–Kier alpha value is -2.34. The predicted octanol–water partition coefficient (Wildman–Crippen LogP) is 3.02. The molecule has 22 heavy (non-hydrogen) atoms. The van der Waals surface area contributed by atoms with Gasteiger partial charge in [0.15, 0.2) is 0 Å². The third-order valence-electron chi connectivity index (χ3n) is 3.92. The van der Waals surface area contributed by atoms with Crippen LogP contribution in [-0.2, 0) is 0 Å². The van der Waals surface area contributed by atoms with E-state index in [1.165, 1.54) is 12.1 Å². The van der Waals surface area contributed by atoms with Gasteiger partial charge in [-0.2, -0.15) is 10.2 Å². The van der Waals surface area contributed by atoms with Crippen LogP contribution in [0.5, 0.6) is 0 Å². The predicted molar refractivity (Wildman–Crippen MR) is 79.6 cm³/mol. The van der Waals surface area contributed by atoms with E-state index in [-0.39, 0.29) is 5.82 Å². The molecule has 1 fully saturated rings. The summed E-state index contributed by atoms with van der Waals surface area (Å²) < 4.78 is 15.7. The van der Waals surface area contributed by atoms with Crippen LogP contribution in [0.15, 0.2) is 30.5 Å². The molecule has 2 aromatic heterocycles. The molecule has 0 aliphatic heterocycles. The normalized spacial score (nSPS) is 16.1. The van der Waals surface area contributed by atoms with Crippen molar-refractivity contribution in [2.45, 2.75) is 31.9 Å². The van der Waals surface area contributed by atoms with Crippen molar-refractivity contribution in [3.05, 3.63) is 42.0 Å². The van der Waals surface area contributed by atoms with Gasteiger partial charge in [-0.1, -0.05) is 0 Å². The van der Waals surface area contributed by atoms with Crippen LogP contribution in [-0.4, -0.2) is 24.9 Å². The van der Waals surface area contributed by atoms with Crippen molar-refractivity contribution in [1.29, 1.82) is 0 Å². The molecule has 6 heteroatoms. The van der Waals surface area contributed by atoms with E-state index in [9.17, 15) is 9.50 Å². The lowest BCUT2D eigenvalue weighted by Gasteiger charge is -2.09. The Bertz CT molecular complexity index is 854. The summed E-state index contributed by atoms with van der Waals surface area (Å²) in [6.45, 7) is 1.65. The number of halogens is 1. The molecule has 0 bridgehead atoms. The lowest BCUT2D eigenvalue weighted by molar-refractivity contribution is 0.193. The molecule has 1 aliphatic carbocycles. The van der Waals surface area contributed by atoms with Crippen molar-refractivity contribution in [2.24, 2.45) is 0 Å². The van der Waals surface area contributed by atoms with Gasteiger partial charge >= 0.3 is 0 Å². The monoisotopic (exact) mass is 298 g/mol. The molecule has 0 spiro atoms. The number of benzene rings is 1. The summed E-state index contributed by atoms with van der Waals surface area (Å²) >= 11 is 0. The Balaban J connectivity index is 1.94. The van der Waals surface area contributed by atoms with Gasteiger partial charge in [0.1, 0.15) is 11.6 Å². The highest BCUT2D eigenvalue weighted by molar-refractivity contribution is 5.81. The highest BCUT2D eigenvalue weighted by Crippen LogP contribution is 2.41. The average Bonchev–Trinajstić information content (AvgIpc) is 3.28. The second-order valence-electron chi connectivity index (χ2n) is 5.71. The number of aliphatic hydroxyl groups is 1. The maximum absolute atomic E-state index is 13.6.